The minimum atomic E-state index is -0.408. The van der Waals surface area contributed by atoms with Crippen LogP contribution >= 0.6 is 0 Å². The lowest BCUT2D eigenvalue weighted by molar-refractivity contribution is 0.0526. The summed E-state index contributed by atoms with van der Waals surface area (Å²) in [4.78, 5) is 32.4. The normalized spacial score (nSPS) is 10.1. The summed E-state index contributed by atoms with van der Waals surface area (Å²) in [5.74, 6) is 0.395. The van der Waals surface area contributed by atoms with Crippen LogP contribution in [-0.4, -0.2) is 35.6 Å². The van der Waals surface area contributed by atoms with Gasteiger partial charge in [0.15, 0.2) is 0 Å². The Morgan fingerprint density at radius 2 is 1.79 bits per heavy atom. The van der Waals surface area contributed by atoms with Crippen LogP contribution in [0.3, 0.4) is 0 Å². The van der Waals surface area contributed by atoms with Gasteiger partial charge in [-0.25, -0.2) is 14.8 Å². The Morgan fingerprint density at radius 3 is 2.45 bits per heavy atom. The number of methoxy groups -OCH3 is 1. The third kappa shape index (κ3) is 5.29. The van der Waals surface area contributed by atoms with Gasteiger partial charge in [0.2, 0.25) is 0 Å². The Hall–Kier alpha value is -3.94. The molecule has 0 bridgehead atoms. The summed E-state index contributed by atoms with van der Waals surface area (Å²) in [6.45, 7) is 2.05. The van der Waals surface area contributed by atoms with E-state index in [0.29, 0.717) is 29.4 Å². The van der Waals surface area contributed by atoms with Crippen molar-refractivity contribution in [2.75, 3.05) is 24.4 Å². The molecule has 0 atom stereocenters. The number of anilines is 3. The highest BCUT2D eigenvalue weighted by molar-refractivity contribution is 6.03. The number of nitrogens with one attached hydrogen (secondary N) is 2. The molecule has 1 heterocycles. The van der Waals surface area contributed by atoms with Crippen molar-refractivity contribution in [1.82, 2.24) is 9.97 Å². The van der Waals surface area contributed by atoms with Gasteiger partial charge >= 0.3 is 5.97 Å². The number of nitrogens with zero attached hydrogens (tertiary/aromatic N) is 2. The number of hydrogen-bond donors (Lipinski definition) is 2. The molecular weight excluding hydrogens is 372 g/mol. The first-order valence-electron chi connectivity index (χ1n) is 8.90. The highest BCUT2D eigenvalue weighted by atomic mass is 16.5. The monoisotopic (exact) mass is 392 g/mol. The van der Waals surface area contributed by atoms with Crippen LogP contribution in [0.25, 0.3) is 0 Å². The van der Waals surface area contributed by atoms with Crippen LogP contribution in [0.5, 0.6) is 5.75 Å². The third-order valence-electron chi connectivity index (χ3n) is 3.88. The fraction of sp³-hybridized carbons (Fsp3) is 0.143. The summed E-state index contributed by atoms with van der Waals surface area (Å²) >= 11 is 0. The Bertz CT molecular complexity index is 988. The molecule has 8 heteroatoms. The molecule has 0 aliphatic carbocycles. The molecule has 1 amide bonds. The van der Waals surface area contributed by atoms with E-state index in [4.69, 9.17) is 9.47 Å². The van der Waals surface area contributed by atoms with Crippen LogP contribution in [0, 0.1) is 0 Å². The van der Waals surface area contributed by atoms with Crippen LogP contribution < -0.4 is 15.4 Å². The van der Waals surface area contributed by atoms with Gasteiger partial charge in [0.25, 0.3) is 5.91 Å². The number of rotatable bonds is 7. The Balaban J connectivity index is 1.62. The standard InChI is InChI=1S/C21H20N4O4/c1-3-29-21(27)14-7-9-15(10-8-14)25-20(26)18-12-23-19(13-22-18)24-16-5-4-6-17(11-16)28-2/h4-13H,3H2,1-2H3,(H,23,24)(H,25,26). The van der Waals surface area contributed by atoms with E-state index in [2.05, 4.69) is 20.6 Å². The van der Waals surface area contributed by atoms with Gasteiger partial charge in [-0.05, 0) is 43.3 Å². The van der Waals surface area contributed by atoms with Crippen molar-refractivity contribution in [1.29, 1.82) is 0 Å². The van der Waals surface area contributed by atoms with Gasteiger partial charge in [0, 0.05) is 17.4 Å². The topological polar surface area (TPSA) is 102 Å². The van der Waals surface area contributed by atoms with Gasteiger partial charge < -0.3 is 20.1 Å². The predicted octanol–water partition coefficient (Wildman–Crippen LogP) is 3.66. The van der Waals surface area contributed by atoms with Gasteiger partial charge in [-0.1, -0.05) is 6.07 Å². The lowest BCUT2D eigenvalue weighted by Gasteiger charge is -2.08. The summed E-state index contributed by atoms with van der Waals surface area (Å²) in [6.07, 6.45) is 2.85. The van der Waals surface area contributed by atoms with Crippen molar-refractivity contribution >= 4 is 29.1 Å². The average molecular weight is 392 g/mol. The molecule has 0 aliphatic heterocycles. The summed E-state index contributed by atoms with van der Waals surface area (Å²) in [6, 6.07) is 13.8. The van der Waals surface area contributed by atoms with E-state index in [-0.39, 0.29) is 5.69 Å². The van der Waals surface area contributed by atoms with E-state index < -0.39 is 11.9 Å². The largest absolute Gasteiger partial charge is 0.497 e. The minimum absolute atomic E-state index is 0.163. The van der Waals surface area contributed by atoms with Gasteiger partial charge in [0.1, 0.15) is 17.3 Å². The molecule has 148 valence electrons. The molecule has 0 saturated heterocycles. The maximum absolute atomic E-state index is 12.3. The van der Waals surface area contributed by atoms with Crippen LogP contribution in [0.15, 0.2) is 60.9 Å². The Morgan fingerprint density at radius 1 is 1.00 bits per heavy atom. The number of aromatic nitrogens is 2. The number of carbonyl (C=O) groups is 2. The van der Waals surface area contributed by atoms with Gasteiger partial charge in [-0.3, -0.25) is 4.79 Å². The summed E-state index contributed by atoms with van der Waals surface area (Å²) in [7, 11) is 1.59. The first kappa shape index (κ1) is 19.8. The van der Waals surface area contributed by atoms with Crippen LogP contribution in [-0.2, 0) is 4.74 Å². The number of ether oxygens (including phenoxy) is 2. The smallest absolute Gasteiger partial charge is 0.338 e. The number of hydrogen-bond acceptors (Lipinski definition) is 7. The Labute approximate surface area is 167 Å². The molecule has 0 saturated carbocycles. The second-order valence-corrected chi connectivity index (χ2v) is 5.90. The summed E-state index contributed by atoms with van der Waals surface area (Å²) < 4.78 is 10.1. The highest BCUT2D eigenvalue weighted by Gasteiger charge is 2.10. The number of esters is 1. The Kier molecular flexibility index (Phi) is 6.36. The average Bonchev–Trinajstić information content (AvgIpc) is 2.75. The maximum Gasteiger partial charge on any atom is 0.338 e. The molecule has 3 rings (SSSR count). The molecule has 0 aliphatic rings. The molecule has 8 nitrogen and oxygen atoms in total. The highest BCUT2D eigenvalue weighted by Crippen LogP contribution is 2.20. The molecule has 2 N–H and O–H groups in total. The van der Waals surface area contributed by atoms with Crippen LogP contribution in [0.2, 0.25) is 0 Å². The van der Waals surface area contributed by atoms with Gasteiger partial charge in [-0.15, -0.1) is 0 Å². The van der Waals surface area contributed by atoms with Crippen molar-refractivity contribution in [2.24, 2.45) is 0 Å². The van der Waals surface area contributed by atoms with Crippen LogP contribution in [0.1, 0.15) is 27.8 Å². The summed E-state index contributed by atoms with van der Waals surface area (Å²) in [5.41, 5.74) is 1.90. The third-order valence-corrected chi connectivity index (χ3v) is 3.88. The van der Waals surface area contributed by atoms with Crippen molar-refractivity contribution in [2.45, 2.75) is 6.92 Å². The molecule has 0 unspecified atom stereocenters. The molecule has 0 fully saturated rings. The molecule has 2 aromatic carbocycles. The number of amides is 1. The SMILES string of the molecule is CCOC(=O)c1ccc(NC(=O)c2cnc(Nc3cccc(OC)c3)cn2)cc1. The second-order valence-electron chi connectivity index (χ2n) is 5.90. The summed E-state index contributed by atoms with van der Waals surface area (Å²) in [5, 5.41) is 5.80. The zero-order valence-corrected chi connectivity index (χ0v) is 16.0. The lowest BCUT2D eigenvalue weighted by atomic mass is 10.2. The van der Waals surface area contributed by atoms with E-state index in [0.717, 1.165) is 5.69 Å². The van der Waals surface area contributed by atoms with E-state index in [1.54, 1.807) is 38.3 Å². The van der Waals surface area contributed by atoms with Crippen molar-refractivity contribution in [3.63, 3.8) is 0 Å². The fourth-order valence-corrected chi connectivity index (χ4v) is 2.46. The first-order chi connectivity index (χ1) is 14.1. The van der Waals surface area contributed by atoms with Crippen molar-refractivity contribution in [3.8, 4) is 5.75 Å². The van der Waals surface area contributed by atoms with E-state index in [9.17, 15) is 9.59 Å². The molecule has 0 spiro atoms. The van der Waals surface area contributed by atoms with E-state index in [1.165, 1.54) is 12.4 Å². The predicted molar refractivity (Wildman–Crippen MR) is 109 cm³/mol. The molecule has 3 aromatic rings. The molecule has 29 heavy (non-hydrogen) atoms. The first-order valence-corrected chi connectivity index (χ1v) is 8.90. The zero-order chi connectivity index (χ0) is 20.6. The molecular formula is C21H20N4O4. The molecule has 1 aromatic heterocycles. The fourth-order valence-electron chi connectivity index (χ4n) is 2.46. The minimum Gasteiger partial charge on any atom is -0.497 e. The van der Waals surface area contributed by atoms with Crippen LogP contribution in [0.4, 0.5) is 17.2 Å². The van der Waals surface area contributed by atoms with Crippen molar-refractivity contribution in [3.05, 3.63) is 72.2 Å². The molecule has 0 radical (unpaired) electrons. The maximum atomic E-state index is 12.3. The lowest BCUT2D eigenvalue weighted by Crippen LogP contribution is -2.14. The quantitative estimate of drug-likeness (QED) is 0.592. The van der Waals surface area contributed by atoms with Gasteiger partial charge in [-0.2, -0.15) is 0 Å². The zero-order valence-electron chi connectivity index (χ0n) is 16.0. The number of carbonyl (C=O) groups excluding carboxylic acids is 2. The van der Waals surface area contributed by atoms with Gasteiger partial charge in [0.05, 0.1) is 31.7 Å². The van der Waals surface area contributed by atoms with E-state index >= 15 is 0 Å². The number of benzene rings is 2. The second kappa shape index (κ2) is 9.32. The van der Waals surface area contributed by atoms with Crippen molar-refractivity contribution < 1.29 is 19.1 Å². The van der Waals surface area contributed by atoms with E-state index in [1.807, 2.05) is 24.3 Å².